The zero-order chi connectivity index (χ0) is 27.8. The van der Waals surface area contributed by atoms with Gasteiger partial charge in [0.25, 0.3) is 0 Å². The van der Waals surface area contributed by atoms with Gasteiger partial charge < -0.3 is 15.3 Å². The molecule has 0 saturated heterocycles. The lowest BCUT2D eigenvalue weighted by atomic mass is 10.0. The first-order valence-corrected chi connectivity index (χ1v) is 13.5. The van der Waals surface area contributed by atoms with E-state index in [0.717, 1.165) is 17.0 Å². The molecule has 2 heterocycles. The fraction of sp³-hybridized carbons (Fsp3) is 0.417. The van der Waals surface area contributed by atoms with Gasteiger partial charge in [0.1, 0.15) is 11.5 Å². The molecule has 0 unspecified atom stereocenters. The first-order valence-electron chi connectivity index (χ1n) is 12.0. The molecule has 1 aliphatic carbocycles. The molecule has 1 aromatic carbocycles. The number of hydrogen-bond donors (Lipinski definition) is 3. The summed E-state index contributed by atoms with van der Waals surface area (Å²) in [6, 6.07) is 2.85. The first kappa shape index (κ1) is 27.2. The molecule has 1 fully saturated rings. The van der Waals surface area contributed by atoms with Crippen LogP contribution < -0.4 is 10.0 Å². The minimum absolute atomic E-state index is 0.0752. The Balaban J connectivity index is 1.72. The molecule has 3 N–H and O–H groups in total. The van der Waals surface area contributed by atoms with Gasteiger partial charge in [-0.05, 0) is 45.7 Å². The third-order valence-electron chi connectivity index (χ3n) is 6.22. The molecule has 0 bridgehead atoms. The molecule has 0 aliphatic heterocycles. The van der Waals surface area contributed by atoms with Crippen LogP contribution in [0.4, 0.5) is 25.2 Å². The molecular weight excluding hydrogens is 520 g/mol. The molecule has 1 aliphatic rings. The maximum Gasteiger partial charge on any atom is 0.407 e. The number of nitrogens with zero attached hydrogens (tertiary/aromatic N) is 5. The van der Waals surface area contributed by atoms with Crippen molar-refractivity contribution >= 4 is 27.8 Å². The van der Waals surface area contributed by atoms with Crippen LogP contribution in [0.3, 0.4) is 0 Å². The lowest BCUT2D eigenvalue weighted by molar-refractivity contribution is 0.144. The molecular formula is C24H29F2N7O4S. The number of nitrogens with one attached hydrogen (secondary N) is 2. The zero-order valence-electron chi connectivity index (χ0n) is 21.3. The van der Waals surface area contributed by atoms with E-state index in [4.69, 9.17) is 5.11 Å². The Hall–Kier alpha value is -3.81. The summed E-state index contributed by atoms with van der Waals surface area (Å²) in [5.41, 5.74) is 0.0928. The van der Waals surface area contributed by atoms with E-state index < -0.39 is 38.7 Å². The Morgan fingerprint density at radius 3 is 2.58 bits per heavy atom. The molecule has 1 amide bonds. The number of likely N-dealkylation sites (N-methyl/N-ethyl adjacent to an activating group) is 1. The SMILES string of the molecule is CC(C)n1cc(-c2ccnc(NC[C@H](C)N(C)C(=O)O)n2)c(-c2cc(F)cc(NS(=O)(=O)C3CC3)c2F)n1. The van der Waals surface area contributed by atoms with Crippen LogP contribution >= 0.6 is 0 Å². The summed E-state index contributed by atoms with van der Waals surface area (Å²) in [7, 11) is -2.38. The summed E-state index contributed by atoms with van der Waals surface area (Å²) in [6.45, 7) is 5.68. The van der Waals surface area contributed by atoms with E-state index in [1.54, 1.807) is 23.9 Å². The highest BCUT2D eigenvalue weighted by Crippen LogP contribution is 2.37. The van der Waals surface area contributed by atoms with Crippen LogP contribution in [0.2, 0.25) is 0 Å². The van der Waals surface area contributed by atoms with Gasteiger partial charge in [-0.15, -0.1) is 0 Å². The van der Waals surface area contributed by atoms with Gasteiger partial charge in [0.05, 0.1) is 16.6 Å². The Morgan fingerprint density at radius 2 is 1.95 bits per heavy atom. The second kappa shape index (κ2) is 10.5. The van der Waals surface area contributed by atoms with E-state index >= 15 is 4.39 Å². The number of rotatable bonds is 10. The third kappa shape index (κ3) is 5.85. The molecule has 204 valence electrons. The van der Waals surface area contributed by atoms with E-state index in [-0.39, 0.29) is 35.8 Å². The monoisotopic (exact) mass is 549 g/mol. The second-order valence-corrected chi connectivity index (χ2v) is 11.5. The van der Waals surface area contributed by atoms with E-state index in [1.807, 2.05) is 13.8 Å². The Kier molecular flexibility index (Phi) is 7.54. The predicted molar refractivity (Wildman–Crippen MR) is 138 cm³/mol. The van der Waals surface area contributed by atoms with E-state index in [0.29, 0.717) is 24.1 Å². The number of halogens is 2. The van der Waals surface area contributed by atoms with Crippen LogP contribution in [0.1, 0.15) is 39.7 Å². The standard InChI is InChI=1S/C24H29F2N7O4S/c1-13(2)33-12-18(19-7-8-27-23(29-19)28-11-14(3)32(4)24(34)35)22(30-33)17-9-15(25)10-20(21(17)26)31-38(36,37)16-5-6-16/h7-10,12-14,16,31H,5-6,11H2,1-4H3,(H,34,35)(H,27,28,29)/t14-/m0/s1. The minimum Gasteiger partial charge on any atom is -0.465 e. The van der Waals surface area contributed by atoms with Gasteiger partial charge in [-0.1, -0.05) is 0 Å². The van der Waals surface area contributed by atoms with Crippen molar-refractivity contribution in [1.29, 1.82) is 0 Å². The minimum atomic E-state index is -3.83. The van der Waals surface area contributed by atoms with Crippen molar-refractivity contribution in [1.82, 2.24) is 24.6 Å². The Labute approximate surface area is 219 Å². The van der Waals surface area contributed by atoms with Crippen LogP contribution in [0.15, 0.2) is 30.6 Å². The van der Waals surface area contributed by atoms with Crippen LogP contribution in [-0.2, 0) is 10.0 Å². The molecule has 2 aromatic heterocycles. The quantitative estimate of drug-likeness (QED) is 0.342. The van der Waals surface area contributed by atoms with Gasteiger partial charge in [0.15, 0.2) is 5.82 Å². The summed E-state index contributed by atoms with van der Waals surface area (Å²) in [4.78, 5) is 21.0. The smallest absolute Gasteiger partial charge is 0.407 e. The number of benzene rings is 1. The van der Waals surface area contributed by atoms with Gasteiger partial charge in [0.2, 0.25) is 16.0 Å². The second-order valence-electron chi connectivity index (χ2n) is 9.52. The number of amides is 1. The molecule has 1 saturated carbocycles. The van der Waals surface area contributed by atoms with E-state index in [1.165, 1.54) is 13.2 Å². The largest absolute Gasteiger partial charge is 0.465 e. The van der Waals surface area contributed by atoms with Crippen LogP contribution in [0.25, 0.3) is 22.5 Å². The zero-order valence-corrected chi connectivity index (χ0v) is 22.1. The summed E-state index contributed by atoms with van der Waals surface area (Å²) in [6.07, 6.45) is 2.99. The highest BCUT2D eigenvalue weighted by atomic mass is 32.2. The molecule has 1 atom stereocenters. The van der Waals surface area contributed by atoms with Crippen LogP contribution in [-0.4, -0.2) is 69.2 Å². The molecule has 38 heavy (non-hydrogen) atoms. The third-order valence-corrected chi connectivity index (χ3v) is 8.07. The Morgan fingerprint density at radius 1 is 1.24 bits per heavy atom. The first-order chi connectivity index (χ1) is 17.9. The number of anilines is 2. The maximum absolute atomic E-state index is 15.6. The number of carboxylic acid groups (broad SMARTS) is 1. The topological polar surface area (TPSA) is 142 Å². The Bertz CT molecular complexity index is 1460. The van der Waals surface area contributed by atoms with Crippen molar-refractivity contribution in [2.24, 2.45) is 0 Å². The molecule has 0 radical (unpaired) electrons. The van der Waals surface area contributed by atoms with Gasteiger partial charge in [-0.2, -0.15) is 5.10 Å². The predicted octanol–water partition coefficient (Wildman–Crippen LogP) is 4.18. The number of hydrogen-bond acceptors (Lipinski definition) is 7. The molecule has 3 aromatic rings. The molecule has 4 rings (SSSR count). The highest BCUT2D eigenvalue weighted by Gasteiger charge is 2.36. The lowest BCUT2D eigenvalue weighted by Crippen LogP contribution is -2.38. The molecule has 14 heteroatoms. The van der Waals surface area contributed by atoms with Crippen molar-refractivity contribution in [3.63, 3.8) is 0 Å². The van der Waals surface area contributed by atoms with Crippen molar-refractivity contribution in [2.45, 2.75) is 50.9 Å². The molecule has 0 spiro atoms. The average molecular weight is 550 g/mol. The van der Waals surface area contributed by atoms with Crippen molar-refractivity contribution in [2.75, 3.05) is 23.6 Å². The van der Waals surface area contributed by atoms with Crippen molar-refractivity contribution in [3.8, 4) is 22.5 Å². The number of aromatic nitrogens is 4. The van der Waals surface area contributed by atoms with Gasteiger partial charge in [-0.25, -0.2) is 32.0 Å². The van der Waals surface area contributed by atoms with Gasteiger partial charge >= 0.3 is 6.09 Å². The summed E-state index contributed by atoms with van der Waals surface area (Å²) < 4.78 is 58.8. The van der Waals surface area contributed by atoms with Crippen molar-refractivity contribution in [3.05, 3.63) is 42.2 Å². The average Bonchev–Trinajstić information content (AvgIpc) is 3.63. The highest BCUT2D eigenvalue weighted by molar-refractivity contribution is 7.93. The van der Waals surface area contributed by atoms with Crippen molar-refractivity contribution < 1.29 is 27.1 Å². The fourth-order valence-electron chi connectivity index (χ4n) is 3.65. The number of sulfonamides is 1. The van der Waals surface area contributed by atoms with Crippen LogP contribution in [0.5, 0.6) is 0 Å². The summed E-state index contributed by atoms with van der Waals surface area (Å²) in [5, 5.41) is 16.0. The normalized spacial score (nSPS) is 14.4. The van der Waals surface area contributed by atoms with Gasteiger partial charge in [-0.3, -0.25) is 9.40 Å². The maximum atomic E-state index is 15.6. The summed E-state index contributed by atoms with van der Waals surface area (Å²) in [5.74, 6) is -1.58. The fourth-order valence-corrected chi connectivity index (χ4v) is 5.03. The lowest BCUT2D eigenvalue weighted by Gasteiger charge is -2.21. The van der Waals surface area contributed by atoms with Crippen LogP contribution in [0, 0.1) is 11.6 Å². The van der Waals surface area contributed by atoms with E-state index in [2.05, 4.69) is 25.1 Å². The molecule has 11 nitrogen and oxygen atoms in total. The van der Waals surface area contributed by atoms with E-state index in [9.17, 15) is 17.6 Å². The summed E-state index contributed by atoms with van der Waals surface area (Å²) >= 11 is 0. The number of carbonyl (C=O) groups is 1. The van der Waals surface area contributed by atoms with Gasteiger partial charge in [0, 0.05) is 55.3 Å².